The Morgan fingerprint density at radius 1 is 1.21 bits per heavy atom. The number of imidazole rings is 1. The van der Waals surface area contributed by atoms with Gasteiger partial charge in [-0.1, -0.05) is 17.9 Å². The molecule has 3 aliphatic rings. The van der Waals surface area contributed by atoms with Gasteiger partial charge in [0.05, 0.1) is 29.0 Å². The highest BCUT2D eigenvalue weighted by Gasteiger charge is 2.45. The van der Waals surface area contributed by atoms with Gasteiger partial charge in [-0.25, -0.2) is 9.78 Å². The Hall–Kier alpha value is -4.13. The quantitative estimate of drug-likeness (QED) is 0.431. The van der Waals surface area contributed by atoms with E-state index in [-0.39, 0.29) is 35.3 Å². The number of benzene rings is 2. The highest BCUT2D eigenvalue weighted by Crippen LogP contribution is 2.50. The van der Waals surface area contributed by atoms with Crippen LogP contribution in [0, 0.1) is 17.8 Å². The zero-order chi connectivity index (χ0) is 30.1. The SMILES string of the molecule is [2H]C([2H])([2H])N1C(=O)c2cccc(OC(F)F)c2[C@H]2C[C@@H]1c1nc3ccc(C#CC4CN(C(=O)OC(C)(C)C)C4)cc3n12. The van der Waals surface area contributed by atoms with Crippen LogP contribution >= 0.6 is 0 Å². The minimum atomic E-state index is -3.13. The first-order chi connectivity index (χ1) is 19.7. The van der Waals surface area contributed by atoms with E-state index in [0.717, 1.165) is 4.90 Å². The number of likely N-dealkylation sites (tertiary alicyclic amines) is 1. The molecule has 1 aromatic heterocycles. The molecule has 2 aromatic carbocycles. The Kier molecular flexibility index (Phi) is 5.01. The fourth-order valence-electron chi connectivity index (χ4n) is 5.42. The zero-order valence-electron chi connectivity index (χ0n) is 24.6. The number of nitrogens with zero attached hydrogens (tertiary/aromatic N) is 4. The molecule has 6 rings (SSSR count). The van der Waals surface area contributed by atoms with Crippen molar-refractivity contribution in [1.29, 1.82) is 0 Å². The Labute approximate surface area is 228 Å². The number of fused-ring (bicyclic) bond motifs is 9. The Bertz CT molecular complexity index is 1670. The Morgan fingerprint density at radius 3 is 2.72 bits per heavy atom. The van der Waals surface area contributed by atoms with Gasteiger partial charge in [0.2, 0.25) is 0 Å². The van der Waals surface area contributed by atoms with Gasteiger partial charge in [-0.15, -0.1) is 0 Å². The second kappa shape index (κ2) is 8.97. The summed E-state index contributed by atoms with van der Waals surface area (Å²) in [7, 11) is 0. The molecule has 39 heavy (non-hydrogen) atoms. The summed E-state index contributed by atoms with van der Waals surface area (Å²) in [6.07, 6.45) is -0.240. The molecule has 8 nitrogen and oxygen atoms in total. The highest BCUT2D eigenvalue weighted by atomic mass is 19.3. The van der Waals surface area contributed by atoms with Crippen molar-refractivity contribution in [1.82, 2.24) is 19.4 Å². The van der Waals surface area contributed by atoms with Gasteiger partial charge in [-0.3, -0.25) is 4.79 Å². The Balaban J connectivity index is 1.37. The number of halogens is 2. The molecule has 2 atom stereocenters. The summed E-state index contributed by atoms with van der Waals surface area (Å²) in [6.45, 7) is 0.411. The van der Waals surface area contributed by atoms with Crippen molar-refractivity contribution in [2.24, 2.45) is 5.92 Å². The molecule has 0 spiro atoms. The predicted octanol–water partition coefficient (Wildman–Crippen LogP) is 4.98. The number of alkyl halides is 2. The summed E-state index contributed by atoms with van der Waals surface area (Å²) in [5.41, 5.74) is 1.48. The molecular formula is C29H28F2N4O4. The normalized spacial score (nSPS) is 21.7. The minimum Gasteiger partial charge on any atom is -0.444 e. The van der Waals surface area contributed by atoms with Gasteiger partial charge in [0, 0.05) is 47.3 Å². The summed E-state index contributed by atoms with van der Waals surface area (Å²) < 4.78 is 63.2. The summed E-state index contributed by atoms with van der Waals surface area (Å²) in [6, 6.07) is 7.97. The number of hydrogen-bond donors (Lipinski definition) is 0. The van der Waals surface area contributed by atoms with Gasteiger partial charge >= 0.3 is 12.7 Å². The standard InChI is InChI=1S/C29H28F2N4O4/c1-29(2,3)39-28(37)34-14-17(15-34)9-8-16-10-11-19-20(12-16)35-21-13-22(25(35)32-19)33(4)26(36)18-6-5-7-23(24(18)21)38-27(30)31/h5-7,10-12,17,21-22,27H,13-15H2,1-4H3/t21-,22-/m1/s1/i4D3. The first-order valence-corrected chi connectivity index (χ1v) is 12.6. The molecule has 202 valence electrons. The lowest BCUT2D eigenvalue weighted by atomic mass is 9.97. The molecular weight excluding hydrogens is 506 g/mol. The summed E-state index contributed by atoms with van der Waals surface area (Å²) in [5, 5.41) is 0. The third kappa shape index (κ3) is 4.36. The van der Waals surface area contributed by atoms with Gasteiger partial charge in [0.25, 0.3) is 5.91 Å². The van der Waals surface area contributed by atoms with Crippen LogP contribution in [-0.4, -0.2) is 63.6 Å². The van der Waals surface area contributed by atoms with Crippen molar-refractivity contribution >= 4 is 23.0 Å². The lowest BCUT2D eigenvalue weighted by Gasteiger charge is -2.37. The molecule has 0 N–H and O–H groups in total. The van der Waals surface area contributed by atoms with E-state index in [1.807, 2.05) is 26.8 Å². The molecule has 1 saturated heterocycles. The smallest absolute Gasteiger partial charge is 0.410 e. The van der Waals surface area contributed by atoms with E-state index < -0.39 is 37.2 Å². The molecule has 10 heteroatoms. The van der Waals surface area contributed by atoms with Crippen LogP contribution in [0.25, 0.3) is 11.0 Å². The minimum absolute atomic E-state index is 0.000235. The molecule has 3 aromatic rings. The van der Waals surface area contributed by atoms with Crippen LogP contribution in [0.1, 0.15) is 70.7 Å². The second-order valence-electron chi connectivity index (χ2n) is 10.9. The largest absolute Gasteiger partial charge is 0.444 e. The molecule has 0 saturated carbocycles. The van der Waals surface area contributed by atoms with E-state index in [4.69, 9.17) is 13.6 Å². The van der Waals surface area contributed by atoms with Gasteiger partial charge in [-0.05, 0) is 51.1 Å². The molecule has 0 aliphatic carbocycles. The number of carbonyl (C=O) groups excluding carboxylic acids is 2. The van der Waals surface area contributed by atoms with E-state index in [1.54, 1.807) is 21.6 Å². The third-order valence-electron chi connectivity index (χ3n) is 7.10. The van der Waals surface area contributed by atoms with Gasteiger partial charge in [-0.2, -0.15) is 8.78 Å². The van der Waals surface area contributed by atoms with Crippen molar-refractivity contribution in [3.63, 3.8) is 0 Å². The third-order valence-corrected chi connectivity index (χ3v) is 7.10. The van der Waals surface area contributed by atoms with Crippen molar-refractivity contribution in [2.75, 3.05) is 20.1 Å². The van der Waals surface area contributed by atoms with Crippen LogP contribution in [0.15, 0.2) is 36.4 Å². The van der Waals surface area contributed by atoms with Gasteiger partial charge in [0.15, 0.2) is 0 Å². The number of aromatic nitrogens is 2. The summed E-state index contributed by atoms with van der Waals surface area (Å²) in [5.74, 6) is 5.69. The monoisotopic (exact) mass is 537 g/mol. The lowest BCUT2D eigenvalue weighted by Crippen LogP contribution is -2.51. The van der Waals surface area contributed by atoms with Crippen LogP contribution in [0.2, 0.25) is 0 Å². The highest BCUT2D eigenvalue weighted by molar-refractivity contribution is 5.97. The first kappa shape index (κ1) is 21.8. The van der Waals surface area contributed by atoms with E-state index in [2.05, 4.69) is 16.8 Å². The fraction of sp³-hybridized carbons (Fsp3) is 0.414. The molecule has 4 heterocycles. The molecule has 2 amide bonds. The topological polar surface area (TPSA) is 76.9 Å². The first-order valence-electron chi connectivity index (χ1n) is 14.1. The van der Waals surface area contributed by atoms with Gasteiger partial charge < -0.3 is 23.8 Å². The van der Waals surface area contributed by atoms with Crippen molar-refractivity contribution in [2.45, 2.75) is 51.5 Å². The van der Waals surface area contributed by atoms with Crippen molar-refractivity contribution < 1.29 is 32.0 Å². The Morgan fingerprint density at radius 2 is 2.00 bits per heavy atom. The lowest BCUT2D eigenvalue weighted by molar-refractivity contribution is -0.0507. The average Bonchev–Trinajstić information content (AvgIpc) is 3.34. The molecule has 2 bridgehead atoms. The molecule has 0 radical (unpaired) electrons. The van der Waals surface area contributed by atoms with E-state index in [1.165, 1.54) is 18.2 Å². The maximum atomic E-state index is 13.5. The summed E-state index contributed by atoms with van der Waals surface area (Å²) in [4.78, 5) is 32.8. The van der Waals surface area contributed by atoms with Crippen LogP contribution in [-0.2, 0) is 4.74 Å². The summed E-state index contributed by atoms with van der Waals surface area (Å²) >= 11 is 0. The number of carbonyl (C=O) groups is 2. The van der Waals surface area contributed by atoms with Crippen molar-refractivity contribution in [3.8, 4) is 17.6 Å². The number of hydrogen-bond acceptors (Lipinski definition) is 5. The van der Waals surface area contributed by atoms with E-state index in [9.17, 15) is 18.4 Å². The van der Waals surface area contributed by atoms with Crippen LogP contribution in [0.4, 0.5) is 13.6 Å². The predicted molar refractivity (Wildman–Crippen MR) is 139 cm³/mol. The van der Waals surface area contributed by atoms with Crippen molar-refractivity contribution in [3.05, 3.63) is 58.9 Å². The van der Waals surface area contributed by atoms with E-state index in [0.29, 0.717) is 35.5 Å². The van der Waals surface area contributed by atoms with E-state index >= 15 is 0 Å². The maximum Gasteiger partial charge on any atom is 0.410 e. The van der Waals surface area contributed by atoms with Crippen LogP contribution < -0.4 is 4.74 Å². The molecule has 3 aliphatic heterocycles. The fourth-order valence-corrected chi connectivity index (χ4v) is 5.42. The molecule has 0 unspecified atom stereocenters. The average molecular weight is 538 g/mol. The van der Waals surface area contributed by atoms with Crippen LogP contribution in [0.5, 0.6) is 5.75 Å². The number of amides is 2. The number of rotatable bonds is 2. The maximum absolute atomic E-state index is 13.5. The number of ether oxygens (including phenoxy) is 2. The van der Waals surface area contributed by atoms with Gasteiger partial charge in [0.1, 0.15) is 17.2 Å². The molecule has 1 fully saturated rings. The zero-order valence-corrected chi connectivity index (χ0v) is 21.6. The second-order valence-corrected chi connectivity index (χ2v) is 10.9. The van der Waals surface area contributed by atoms with Crippen LogP contribution in [0.3, 0.4) is 0 Å².